The summed E-state index contributed by atoms with van der Waals surface area (Å²) in [4.78, 5) is 12.7. The number of nitrogens with zero attached hydrogens (tertiary/aromatic N) is 4. The molecular formula is C13H11ClN4O2S. The van der Waals surface area contributed by atoms with E-state index in [1.165, 1.54) is 4.68 Å². The summed E-state index contributed by atoms with van der Waals surface area (Å²) >= 11 is 7.93. The maximum Gasteiger partial charge on any atom is 0.378 e. The summed E-state index contributed by atoms with van der Waals surface area (Å²) in [6.07, 6.45) is 0. The van der Waals surface area contributed by atoms with Crippen LogP contribution >= 0.6 is 22.9 Å². The highest BCUT2D eigenvalue weighted by Gasteiger charge is 2.19. The molecule has 0 fully saturated rings. The maximum atomic E-state index is 11.8. The molecule has 108 valence electrons. The monoisotopic (exact) mass is 322 g/mol. The first-order chi connectivity index (χ1) is 10.2. The van der Waals surface area contributed by atoms with Crippen LogP contribution in [0.1, 0.15) is 22.4 Å². The number of tetrazole rings is 1. The fourth-order valence-corrected chi connectivity index (χ4v) is 3.43. The van der Waals surface area contributed by atoms with E-state index in [9.17, 15) is 4.79 Å². The average Bonchev–Trinajstić information content (AvgIpc) is 3.06. The molecule has 1 aromatic carbocycles. The molecular weight excluding hydrogens is 312 g/mol. The highest BCUT2D eigenvalue weighted by Crippen LogP contribution is 2.35. The maximum absolute atomic E-state index is 11.8. The second kappa shape index (κ2) is 5.79. The van der Waals surface area contributed by atoms with Gasteiger partial charge in [0.15, 0.2) is 0 Å². The van der Waals surface area contributed by atoms with Gasteiger partial charge in [-0.15, -0.1) is 16.4 Å². The molecule has 0 aliphatic heterocycles. The zero-order valence-corrected chi connectivity index (χ0v) is 12.7. The lowest BCUT2D eigenvalue weighted by atomic mass is 10.2. The van der Waals surface area contributed by atoms with Crippen LogP contribution in [0.5, 0.6) is 0 Å². The Morgan fingerprint density at radius 2 is 2.24 bits per heavy atom. The summed E-state index contributed by atoms with van der Waals surface area (Å²) in [5.41, 5.74) is 0. The lowest BCUT2D eigenvalue weighted by molar-refractivity contribution is 0.0505. The van der Waals surface area contributed by atoms with E-state index >= 15 is 0 Å². The lowest BCUT2D eigenvalue weighted by Gasteiger charge is -2.03. The van der Waals surface area contributed by atoms with Crippen molar-refractivity contribution in [3.8, 4) is 0 Å². The number of carbonyl (C=O) groups excluding carboxylic acids is 1. The zero-order chi connectivity index (χ0) is 14.8. The molecule has 0 aliphatic carbocycles. The van der Waals surface area contributed by atoms with E-state index in [0.717, 1.165) is 15.0 Å². The standard InChI is InChI=1S/C13H11ClN4O2S/c1-2-20-13(19)12-15-16-17-18(12)7-10-11(14)8-5-3-4-6-9(8)21-10/h3-6H,2,7H2,1H3. The van der Waals surface area contributed by atoms with Crippen LogP contribution in [0, 0.1) is 0 Å². The third-order valence-corrected chi connectivity index (χ3v) is 4.58. The normalized spacial score (nSPS) is 11.0. The Hall–Kier alpha value is -1.99. The van der Waals surface area contributed by atoms with Gasteiger partial charge in [-0.25, -0.2) is 9.48 Å². The predicted octanol–water partition coefficient (Wildman–Crippen LogP) is 2.77. The summed E-state index contributed by atoms with van der Waals surface area (Å²) in [5, 5.41) is 12.7. The van der Waals surface area contributed by atoms with Crippen LogP contribution in [0.4, 0.5) is 0 Å². The summed E-state index contributed by atoms with van der Waals surface area (Å²) in [7, 11) is 0. The van der Waals surface area contributed by atoms with Gasteiger partial charge in [-0.3, -0.25) is 0 Å². The molecule has 2 aromatic heterocycles. The third kappa shape index (κ3) is 2.62. The van der Waals surface area contributed by atoms with E-state index in [1.54, 1.807) is 18.3 Å². The minimum absolute atomic E-state index is 0.0744. The predicted molar refractivity (Wildman–Crippen MR) is 79.7 cm³/mol. The van der Waals surface area contributed by atoms with Crippen molar-refractivity contribution in [2.45, 2.75) is 13.5 Å². The van der Waals surface area contributed by atoms with E-state index in [-0.39, 0.29) is 12.4 Å². The van der Waals surface area contributed by atoms with Crippen LogP contribution in [0.25, 0.3) is 10.1 Å². The molecule has 0 saturated heterocycles. The number of ether oxygens (including phenoxy) is 1. The minimum atomic E-state index is -0.542. The molecule has 0 atom stereocenters. The molecule has 0 bridgehead atoms. The Morgan fingerprint density at radius 1 is 1.43 bits per heavy atom. The number of carbonyl (C=O) groups is 1. The minimum Gasteiger partial charge on any atom is -0.460 e. The number of aromatic nitrogens is 4. The molecule has 0 saturated carbocycles. The molecule has 3 aromatic rings. The van der Waals surface area contributed by atoms with Crippen molar-refractivity contribution >= 4 is 39.0 Å². The van der Waals surface area contributed by atoms with Crippen LogP contribution in [0.15, 0.2) is 24.3 Å². The van der Waals surface area contributed by atoms with Crippen molar-refractivity contribution in [2.75, 3.05) is 6.61 Å². The summed E-state index contributed by atoms with van der Waals surface area (Å²) in [6.45, 7) is 2.34. The van der Waals surface area contributed by atoms with Gasteiger partial charge in [-0.2, -0.15) is 0 Å². The Balaban J connectivity index is 1.94. The van der Waals surface area contributed by atoms with Crippen molar-refractivity contribution in [1.82, 2.24) is 20.2 Å². The third-order valence-electron chi connectivity index (χ3n) is 2.88. The fourth-order valence-electron chi connectivity index (χ4n) is 1.96. The molecule has 0 radical (unpaired) electrons. The zero-order valence-electron chi connectivity index (χ0n) is 11.1. The molecule has 8 heteroatoms. The molecule has 6 nitrogen and oxygen atoms in total. The molecule has 0 amide bonds. The van der Waals surface area contributed by atoms with Gasteiger partial charge in [0.1, 0.15) is 0 Å². The molecule has 2 heterocycles. The number of hydrogen-bond donors (Lipinski definition) is 0. The van der Waals surface area contributed by atoms with Crippen molar-refractivity contribution in [2.24, 2.45) is 0 Å². The van der Waals surface area contributed by atoms with E-state index in [1.807, 2.05) is 24.3 Å². The van der Waals surface area contributed by atoms with Gasteiger partial charge in [0, 0.05) is 15.0 Å². The average molecular weight is 323 g/mol. The Labute approximate surface area is 129 Å². The molecule has 3 rings (SSSR count). The summed E-state index contributed by atoms with van der Waals surface area (Å²) < 4.78 is 7.41. The number of halogens is 1. The number of esters is 1. The topological polar surface area (TPSA) is 69.9 Å². The Bertz CT molecular complexity index is 798. The number of benzene rings is 1. The van der Waals surface area contributed by atoms with Gasteiger partial charge >= 0.3 is 5.97 Å². The van der Waals surface area contributed by atoms with E-state index < -0.39 is 5.97 Å². The van der Waals surface area contributed by atoms with Crippen LogP contribution in [-0.2, 0) is 11.3 Å². The van der Waals surface area contributed by atoms with Gasteiger partial charge in [-0.1, -0.05) is 29.8 Å². The SMILES string of the molecule is CCOC(=O)c1nnnn1Cc1sc2ccccc2c1Cl. The largest absolute Gasteiger partial charge is 0.460 e. The molecule has 0 N–H and O–H groups in total. The molecule has 0 spiro atoms. The summed E-state index contributed by atoms with van der Waals surface area (Å²) in [6, 6.07) is 7.86. The van der Waals surface area contributed by atoms with Gasteiger partial charge in [0.2, 0.25) is 0 Å². The van der Waals surface area contributed by atoms with Gasteiger partial charge in [-0.05, 0) is 23.4 Å². The van der Waals surface area contributed by atoms with Gasteiger partial charge < -0.3 is 4.74 Å². The smallest absolute Gasteiger partial charge is 0.378 e. The summed E-state index contributed by atoms with van der Waals surface area (Å²) in [5.74, 6) is -0.467. The number of hydrogen-bond acceptors (Lipinski definition) is 6. The first kappa shape index (κ1) is 14.0. The molecule has 0 aliphatic rings. The van der Waals surface area contributed by atoms with Crippen LogP contribution in [0.3, 0.4) is 0 Å². The van der Waals surface area contributed by atoms with Gasteiger partial charge in [0.25, 0.3) is 5.82 Å². The Morgan fingerprint density at radius 3 is 3.00 bits per heavy atom. The highest BCUT2D eigenvalue weighted by atomic mass is 35.5. The fraction of sp³-hybridized carbons (Fsp3) is 0.231. The first-order valence-corrected chi connectivity index (χ1v) is 7.49. The van der Waals surface area contributed by atoms with Crippen molar-refractivity contribution in [1.29, 1.82) is 0 Å². The van der Waals surface area contributed by atoms with Crippen molar-refractivity contribution < 1.29 is 9.53 Å². The number of fused-ring (bicyclic) bond motifs is 1. The second-order valence-corrected chi connectivity index (χ2v) is 5.73. The van der Waals surface area contributed by atoms with E-state index in [4.69, 9.17) is 16.3 Å². The van der Waals surface area contributed by atoms with E-state index in [0.29, 0.717) is 11.6 Å². The number of rotatable bonds is 4. The first-order valence-electron chi connectivity index (χ1n) is 6.30. The number of thiophene rings is 1. The second-order valence-electron chi connectivity index (χ2n) is 4.22. The van der Waals surface area contributed by atoms with Crippen molar-refractivity contribution in [3.63, 3.8) is 0 Å². The van der Waals surface area contributed by atoms with Crippen LogP contribution in [0.2, 0.25) is 5.02 Å². The Kier molecular flexibility index (Phi) is 3.85. The lowest BCUT2D eigenvalue weighted by Crippen LogP contribution is -2.14. The van der Waals surface area contributed by atoms with Crippen molar-refractivity contribution in [3.05, 3.63) is 40.0 Å². The highest BCUT2D eigenvalue weighted by molar-refractivity contribution is 7.19. The molecule has 0 unspecified atom stereocenters. The van der Waals surface area contributed by atoms with Gasteiger partial charge in [0.05, 0.1) is 18.2 Å². The van der Waals surface area contributed by atoms with E-state index in [2.05, 4.69) is 15.5 Å². The van der Waals surface area contributed by atoms with Crippen LogP contribution in [-0.4, -0.2) is 32.8 Å². The molecule has 21 heavy (non-hydrogen) atoms. The van der Waals surface area contributed by atoms with Crippen LogP contribution < -0.4 is 0 Å². The quantitative estimate of drug-likeness (QED) is 0.691.